The number of benzene rings is 1. The number of nitrogens with zero attached hydrogens (tertiary/aromatic N) is 1. The predicted octanol–water partition coefficient (Wildman–Crippen LogP) is 3.62. The summed E-state index contributed by atoms with van der Waals surface area (Å²) in [6, 6.07) is 5.03. The van der Waals surface area contributed by atoms with E-state index in [2.05, 4.69) is 4.90 Å². The van der Waals surface area contributed by atoms with Crippen LogP contribution in [0.25, 0.3) is 0 Å². The fourth-order valence-electron chi connectivity index (χ4n) is 1.96. The molecule has 0 aliphatic carbocycles. The van der Waals surface area contributed by atoms with E-state index in [4.69, 9.17) is 23.2 Å². The fourth-order valence-corrected chi connectivity index (χ4v) is 3.27. The normalized spacial score (nSPS) is 17.4. The Kier molecular flexibility index (Phi) is 5.37. The molecule has 5 heteroatoms. The molecule has 18 heavy (non-hydrogen) atoms. The van der Waals surface area contributed by atoms with E-state index in [1.165, 1.54) is 5.75 Å². The SMILES string of the molecule is O=C(CN1CCCSCC1)c1cc(Cl)ccc1Cl. The second-order valence-electron chi connectivity index (χ2n) is 4.29. The summed E-state index contributed by atoms with van der Waals surface area (Å²) in [6.07, 6.45) is 1.14. The zero-order valence-electron chi connectivity index (χ0n) is 9.99. The van der Waals surface area contributed by atoms with Crippen molar-refractivity contribution in [3.63, 3.8) is 0 Å². The topological polar surface area (TPSA) is 20.3 Å². The van der Waals surface area contributed by atoms with Gasteiger partial charge in [0.2, 0.25) is 0 Å². The van der Waals surface area contributed by atoms with Crippen molar-refractivity contribution in [1.82, 2.24) is 4.90 Å². The number of carbonyl (C=O) groups excluding carboxylic acids is 1. The lowest BCUT2D eigenvalue weighted by molar-refractivity contribution is 0.0936. The Morgan fingerprint density at radius 2 is 2.11 bits per heavy atom. The number of hydrogen-bond donors (Lipinski definition) is 0. The lowest BCUT2D eigenvalue weighted by Crippen LogP contribution is -2.32. The van der Waals surface area contributed by atoms with Crippen LogP contribution in [0, 0.1) is 0 Å². The van der Waals surface area contributed by atoms with Crippen LogP contribution in [-0.4, -0.2) is 41.8 Å². The highest BCUT2D eigenvalue weighted by Crippen LogP contribution is 2.21. The van der Waals surface area contributed by atoms with Gasteiger partial charge in [-0.3, -0.25) is 9.69 Å². The first-order valence-corrected chi connectivity index (χ1v) is 7.86. The fraction of sp³-hybridized carbons (Fsp3) is 0.462. The zero-order valence-corrected chi connectivity index (χ0v) is 12.3. The molecule has 1 saturated heterocycles. The molecule has 0 amide bonds. The Hall–Kier alpha value is -0.220. The molecule has 1 aromatic rings. The predicted molar refractivity (Wildman–Crippen MR) is 79.2 cm³/mol. The van der Waals surface area contributed by atoms with Crippen LogP contribution in [0.2, 0.25) is 10.0 Å². The van der Waals surface area contributed by atoms with Crippen molar-refractivity contribution >= 4 is 40.7 Å². The quantitative estimate of drug-likeness (QED) is 0.796. The van der Waals surface area contributed by atoms with Gasteiger partial charge in [-0.05, 0) is 36.9 Å². The molecule has 0 atom stereocenters. The molecule has 0 radical (unpaired) electrons. The maximum atomic E-state index is 12.2. The van der Waals surface area contributed by atoms with Crippen molar-refractivity contribution in [1.29, 1.82) is 0 Å². The van der Waals surface area contributed by atoms with E-state index in [0.717, 1.165) is 25.3 Å². The standard InChI is InChI=1S/C13H15Cl2NOS/c14-10-2-3-12(15)11(8-10)13(17)9-16-4-1-6-18-7-5-16/h2-3,8H,1,4-7,9H2. The van der Waals surface area contributed by atoms with E-state index in [1.807, 2.05) is 11.8 Å². The summed E-state index contributed by atoms with van der Waals surface area (Å²) in [7, 11) is 0. The molecule has 1 aromatic carbocycles. The van der Waals surface area contributed by atoms with Crippen molar-refractivity contribution in [2.75, 3.05) is 31.1 Å². The molecule has 98 valence electrons. The van der Waals surface area contributed by atoms with E-state index >= 15 is 0 Å². The summed E-state index contributed by atoms with van der Waals surface area (Å²) in [5, 5.41) is 1.03. The molecule has 1 heterocycles. The highest BCUT2D eigenvalue weighted by molar-refractivity contribution is 7.99. The number of carbonyl (C=O) groups is 1. The second-order valence-corrected chi connectivity index (χ2v) is 6.36. The number of ketones is 1. The molecule has 2 nitrogen and oxygen atoms in total. The molecule has 0 N–H and O–H groups in total. The van der Waals surface area contributed by atoms with Gasteiger partial charge >= 0.3 is 0 Å². The first-order valence-electron chi connectivity index (χ1n) is 5.95. The average molecular weight is 304 g/mol. The number of rotatable bonds is 3. The van der Waals surface area contributed by atoms with Crippen LogP contribution >= 0.6 is 35.0 Å². The average Bonchev–Trinajstić information content (AvgIpc) is 2.61. The van der Waals surface area contributed by atoms with Gasteiger partial charge in [-0.2, -0.15) is 11.8 Å². The molecule has 0 aromatic heterocycles. The molecular formula is C13H15Cl2NOS. The van der Waals surface area contributed by atoms with Crippen LogP contribution < -0.4 is 0 Å². The van der Waals surface area contributed by atoms with E-state index in [0.29, 0.717) is 22.2 Å². The summed E-state index contributed by atoms with van der Waals surface area (Å²) in [5.41, 5.74) is 0.529. The molecule has 1 fully saturated rings. The Morgan fingerprint density at radius 1 is 1.28 bits per heavy atom. The Balaban J connectivity index is 2.04. The van der Waals surface area contributed by atoms with Crippen molar-refractivity contribution in [2.45, 2.75) is 6.42 Å². The van der Waals surface area contributed by atoms with E-state index < -0.39 is 0 Å². The van der Waals surface area contributed by atoms with E-state index in [9.17, 15) is 4.79 Å². The molecule has 0 unspecified atom stereocenters. The van der Waals surface area contributed by atoms with Crippen LogP contribution in [0.15, 0.2) is 18.2 Å². The maximum absolute atomic E-state index is 12.2. The van der Waals surface area contributed by atoms with Gasteiger partial charge in [0.25, 0.3) is 0 Å². The van der Waals surface area contributed by atoms with Crippen LogP contribution in [0.4, 0.5) is 0 Å². The third-order valence-corrected chi connectivity index (χ3v) is 4.52. The van der Waals surface area contributed by atoms with Gasteiger partial charge in [-0.1, -0.05) is 23.2 Å². The number of halogens is 2. The minimum atomic E-state index is 0.0504. The third kappa shape index (κ3) is 3.89. The Bertz CT molecular complexity index is 431. The Labute approximate surface area is 122 Å². The number of thioether (sulfide) groups is 1. The molecule has 1 aliphatic heterocycles. The van der Waals surface area contributed by atoms with Crippen molar-refractivity contribution in [3.8, 4) is 0 Å². The van der Waals surface area contributed by atoms with Gasteiger partial charge in [0, 0.05) is 22.9 Å². The summed E-state index contributed by atoms with van der Waals surface area (Å²) >= 11 is 13.9. The first kappa shape index (κ1) is 14.2. The minimum Gasteiger partial charge on any atom is -0.295 e. The van der Waals surface area contributed by atoms with Crippen LogP contribution in [0.5, 0.6) is 0 Å². The smallest absolute Gasteiger partial charge is 0.178 e. The van der Waals surface area contributed by atoms with Crippen LogP contribution in [-0.2, 0) is 0 Å². The number of Topliss-reactive ketones (excluding diaryl/α,β-unsaturated/α-hetero) is 1. The lowest BCUT2D eigenvalue weighted by Gasteiger charge is -2.18. The lowest BCUT2D eigenvalue weighted by atomic mass is 10.1. The largest absolute Gasteiger partial charge is 0.295 e. The zero-order chi connectivity index (χ0) is 13.0. The van der Waals surface area contributed by atoms with Crippen molar-refractivity contribution in [3.05, 3.63) is 33.8 Å². The monoisotopic (exact) mass is 303 g/mol. The van der Waals surface area contributed by atoms with Crippen LogP contribution in [0.1, 0.15) is 16.8 Å². The highest BCUT2D eigenvalue weighted by Gasteiger charge is 2.16. The minimum absolute atomic E-state index is 0.0504. The van der Waals surface area contributed by atoms with Crippen molar-refractivity contribution < 1.29 is 4.79 Å². The molecule has 0 spiro atoms. The highest BCUT2D eigenvalue weighted by atomic mass is 35.5. The Morgan fingerprint density at radius 3 is 2.94 bits per heavy atom. The first-order chi connectivity index (χ1) is 8.66. The molecule has 0 saturated carbocycles. The van der Waals surface area contributed by atoms with E-state index in [-0.39, 0.29) is 5.78 Å². The number of hydrogen-bond acceptors (Lipinski definition) is 3. The van der Waals surface area contributed by atoms with Gasteiger partial charge in [-0.25, -0.2) is 0 Å². The molecular weight excluding hydrogens is 289 g/mol. The van der Waals surface area contributed by atoms with E-state index in [1.54, 1.807) is 18.2 Å². The van der Waals surface area contributed by atoms with Gasteiger partial charge < -0.3 is 0 Å². The summed E-state index contributed by atoms with van der Waals surface area (Å²) in [6.45, 7) is 2.38. The van der Waals surface area contributed by atoms with Gasteiger partial charge in [0.15, 0.2) is 5.78 Å². The second kappa shape index (κ2) is 6.80. The summed E-state index contributed by atoms with van der Waals surface area (Å²) < 4.78 is 0. The summed E-state index contributed by atoms with van der Waals surface area (Å²) in [5.74, 6) is 2.33. The molecule has 0 bridgehead atoms. The van der Waals surface area contributed by atoms with Crippen LogP contribution in [0.3, 0.4) is 0 Å². The third-order valence-electron chi connectivity index (χ3n) is 2.91. The van der Waals surface area contributed by atoms with Gasteiger partial charge in [-0.15, -0.1) is 0 Å². The molecule has 2 rings (SSSR count). The maximum Gasteiger partial charge on any atom is 0.178 e. The summed E-state index contributed by atoms with van der Waals surface area (Å²) in [4.78, 5) is 14.4. The van der Waals surface area contributed by atoms with Gasteiger partial charge in [0.1, 0.15) is 0 Å². The van der Waals surface area contributed by atoms with Gasteiger partial charge in [0.05, 0.1) is 11.6 Å². The molecule has 1 aliphatic rings. The van der Waals surface area contributed by atoms with Crippen molar-refractivity contribution in [2.24, 2.45) is 0 Å².